The zero-order valence-electron chi connectivity index (χ0n) is 13.8. The number of thioether (sulfide) groups is 1. The van der Waals surface area contributed by atoms with Crippen LogP contribution in [0, 0.1) is 0 Å². The van der Waals surface area contributed by atoms with Crippen molar-refractivity contribution in [3.05, 3.63) is 29.8 Å². The van der Waals surface area contributed by atoms with Gasteiger partial charge in [-0.15, -0.1) is 10.2 Å². The SMILES string of the molecule is CCCNc1nnc(S[C@@H](C)C(=O)c2ccc(NC(C)=O)cc2)s1. The van der Waals surface area contributed by atoms with Gasteiger partial charge in [-0.2, -0.15) is 0 Å². The number of nitrogens with one attached hydrogen (secondary N) is 2. The van der Waals surface area contributed by atoms with Crippen molar-refractivity contribution in [3.63, 3.8) is 0 Å². The van der Waals surface area contributed by atoms with Gasteiger partial charge in [0, 0.05) is 24.7 Å². The van der Waals surface area contributed by atoms with Crippen LogP contribution in [0.4, 0.5) is 10.8 Å². The lowest BCUT2D eigenvalue weighted by Gasteiger charge is -2.09. The second kappa shape index (κ2) is 8.79. The molecule has 128 valence electrons. The summed E-state index contributed by atoms with van der Waals surface area (Å²) < 4.78 is 0.768. The third-order valence-electron chi connectivity index (χ3n) is 3.07. The van der Waals surface area contributed by atoms with Crippen LogP contribution in [0.3, 0.4) is 0 Å². The van der Waals surface area contributed by atoms with Gasteiger partial charge < -0.3 is 10.6 Å². The van der Waals surface area contributed by atoms with E-state index in [1.54, 1.807) is 24.3 Å². The van der Waals surface area contributed by atoms with Crippen molar-refractivity contribution in [2.45, 2.75) is 36.8 Å². The Morgan fingerprint density at radius 1 is 1.25 bits per heavy atom. The second-order valence-electron chi connectivity index (χ2n) is 5.18. The van der Waals surface area contributed by atoms with E-state index < -0.39 is 0 Å². The normalized spacial score (nSPS) is 11.8. The minimum atomic E-state index is -0.261. The van der Waals surface area contributed by atoms with Gasteiger partial charge in [0.15, 0.2) is 10.1 Å². The molecular formula is C16H20N4O2S2. The molecular weight excluding hydrogens is 344 g/mol. The highest BCUT2D eigenvalue weighted by atomic mass is 32.2. The Morgan fingerprint density at radius 2 is 1.96 bits per heavy atom. The maximum atomic E-state index is 12.5. The van der Waals surface area contributed by atoms with Gasteiger partial charge in [0.05, 0.1) is 5.25 Å². The summed E-state index contributed by atoms with van der Waals surface area (Å²) in [4.78, 5) is 23.5. The lowest BCUT2D eigenvalue weighted by molar-refractivity contribution is -0.114. The first-order valence-corrected chi connectivity index (χ1v) is 9.35. The first-order valence-electron chi connectivity index (χ1n) is 7.65. The molecule has 1 heterocycles. The molecule has 0 bridgehead atoms. The maximum Gasteiger partial charge on any atom is 0.221 e. The second-order valence-corrected chi connectivity index (χ2v) is 7.75. The fraction of sp³-hybridized carbons (Fsp3) is 0.375. The number of amides is 1. The summed E-state index contributed by atoms with van der Waals surface area (Å²) in [5.41, 5.74) is 1.29. The van der Waals surface area contributed by atoms with E-state index in [0.717, 1.165) is 22.4 Å². The van der Waals surface area contributed by atoms with Crippen LogP contribution in [0.2, 0.25) is 0 Å². The standard InChI is InChI=1S/C16H20N4O2S2/c1-4-9-17-15-19-20-16(24-15)23-10(2)14(22)12-5-7-13(8-6-12)18-11(3)21/h5-8,10H,4,9H2,1-3H3,(H,17,19)(H,18,21)/t10-/m0/s1. The van der Waals surface area contributed by atoms with Crippen molar-refractivity contribution in [2.75, 3.05) is 17.2 Å². The van der Waals surface area contributed by atoms with Crippen molar-refractivity contribution < 1.29 is 9.59 Å². The van der Waals surface area contributed by atoms with Crippen molar-refractivity contribution in [3.8, 4) is 0 Å². The molecule has 0 saturated heterocycles. The number of rotatable bonds is 8. The number of ketones is 1. The van der Waals surface area contributed by atoms with Crippen LogP contribution in [0.1, 0.15) is 37.6 Å². The summed E-state index contributed by atoms with van der Waals surface area (Å²) in [5, 5.41) is 14.5. The summed E-state index contributed by atoms with van der Waals surface area (Å²) in [6.45, 7) is 6.24. The van der Waals surface area contributed by atoms with Gasteiger partial charge in [-0.05, 0) is 37.6 Å². The monoisotopic (exact) mass is 364 g/mol. The molecule has 1 aromatic carbocycles. The van der Waals surface area contributed by atoms with Crippen molar-refractivity contribution >= 4 is 45.6 Å². The van der Waals surface area contributed by atoms with Crippen LogP contribution in [0.25, 0.3) is 0 Å². The molecule has 0 unspecified atom stereocenters. The number of hydrogen-bond acceptors (Lipinski definition) is 7. The Balaban J connectivity index is 1.96. The predicted molar refractivity (Wildman–Crippen MR) is 99.1 cm³/mol. The molecule has 1 amide bonds. The Bertz CT molecular complexity index is 700. The molecule has 2 rings (SSSR count). The molecule has 0 radical (unpaired) electrons. The van der Waals surface area contributed by atoms with Crippen molar-refractivity contribution in [1.82, 2.24) is 10.2 Å². The lowest BCUT2D eigenvalue weighted by Crippen LogP contribution is -2.13. The van der Waals surface area contributed by atoms with Gasteiger partial charge in [-0.25, -0.2) is 0 Å². The third kappa shape index (κ3) is 5.31. The Hall–Kier alpha value is -1.93. The quantitative estimate of drug-likeness (QED) is 0.549. The maximum absolute atomic E-state index is 12.5. The molecule has 1 atom stereocenters. The fourth-order valence-electron chi connectivity index (χ4n) is 1.92. The van der Waals surface area contributed by atoms with E-state index in [4.69, 9.17) is 0 Å². The van der Waals surface area contributed by atoms with E-state index in [2.05, 4.69) is 27.8 Å². The van der Waals surface area contributed by atoms with E-state index in [0.29, 0.717) is 11.3 Å². The molecule has 0 fully saturated rings. The number of hydrogen-bond donors (Lipinski definition) is 2. The van der Waals surface area contributed by atoms with E-state index in [1.165, 1.54) is 30.0 Å². The predicted octanol–water partition coefficient (Wildman–Crippen LogP) is 3.68. The lowest BCUT2D eigenvalue weighted by atomic mass is 10.1. The van der Waals surface area contributed by atoms with Crippen LogP contribution >= 0.6 is 23.1 Å². The molecule has 6 nitrogen and oxygen atoms in total. The van der Waals surface area contributed by atoms with E-state index in [9.17, 15) is 9.59 Å². The Morgan fingerprint density at radius 3 is 2.58 bits per heavy atom. The smallest absolute Gasteiger partial charge is 0.221 e. The molecule has 8 heteroatoms. The van der Waals surface area contributed by atoms with Gasteiger partial charge in [0.2, 0.25) is 11.0 Å². The molecule has 24 heavy (non-hydrogen) atoms. The summed E-state index contributed by atoms with van der Waals surface area (Å²) in [6, 6.07) is 6.89. The number of carbonyl (C=O) groups excluding carboxylic acids is 2. The Kier molecular flexibility index (Phi) is 6.74. The minimum absolute atomic E-state index is 0.0210. The number of carbonyl (C=O) groups is 2. The number of anilines is 2. The van der Waals surface area contributed by atoms with Crippen molar-refractivity contribution in [2.24, 2.45) is 0 Å². The number of nitrogens with zero attached hydrogens (tertiary/aromatic N) is 2. The molecule has 0 saturated carbocycles. The number of aromatic nitrogens is 2. The zero-order valence-corrected chi connectivity index (χ0v) is 15.5. The fourth-order valence-corrected chi connectivity index (χ4v) is 3.92. The van der Waals surface area contributed by atoms with Crippen LogP contribution in [0.5, 0.6) is 0 Å². The first kappa shape index (κ1) is 18.4. The van der Waals surface area contributed by atoms with Gasteiger partial charge >= 0.3 is 0 Å². The van der Waals surface area contributed by atoms with E-state index in [-0.39, 0.29) is 16.9 Å². The first-order chi connectivity index (χ1) is 11.5. The average Bonchev–Trinajstić information content (AvgIpc) is 2.99. The highest BCUT2D eigenvalue weighted by molar-refractivity contribution is 8.02. The summed E-state index contributed by atoms with van der Waals surface area (Å²) in [5.74, 6) is -0.116. The summed E-state index contributed by atoms with van der Waals surface area (Å²) >= 11 is 2.85. The highest BCUT2D eigenvalue weighted by Gasteiger charge is 2.18. The van der Waals surface area contributed by atoms with Gasteiger partial charge in [-0.3, -0.25) is 9.59 Å². The molecule has 2 N–H and O–H groups in total. The summed E-state index contributed by atoms with van der Waals surface area (Å²) in [7, 11) is 0. The molecule has 0 spiro atoms. The minimum Gasteiger partial charge on any atom is -0.360 e. The average molecular weight is 364 g/mol. The van der Waals surface area contributed by atoms with Gasteiger partial charge in [0.1, 0.15) is 0 Å². The van der Waals surface area contributed by atoms with E-state index >= 15 is 0 Å². The van der Waals surface area contributed by atoms with Crippen LogP contribution in [0.15, 0.2) is 28.6 Å². The third-order valence-corrected chi connectivity index (χ3v) is 5.13. The topological polar surface area (TPSA) is 84.0 Å². The van der Waals surface area contributed by atoms with Crippen LogP contribution < -0.4 is 10.6 Å². The zero-order chi connectivity index (χ0) is 17.5. The summed E-state index contributed by atoms with van der Waals surface area (Å²) in [6.07, 6.45) is 1.02. The molecule has 1 aromatic heterocycles. The molecule has 0 aliphatic rings. The van der Waals surface area contributed by atoms with E-state index in [1.807, 2.05) is 6.92 Å². The Labute approximate surface area is 149 Å². The molecule has 0 aliphatic carbocycles. The molecule has 0 aliphatic heterocycles. The van der Waals surface area contributed by atoms with Gasteiger partial charge in [-0.1, -0.05) is 30.0 Å². The van der Waals surface area contributed by atoms with Crippen LogP contribution in [-0.2, 0) is 4.79 Å². The van der Waals surface area contributed by atoms with Gasteiger partial charge in [0.25, 0.3) is 0 Å². The highest BCUT2D eigenvalue weighted by Crippen LogP contribution is 2.30. The number of benzene rings is 1. The number of Topliss-reactive ketones (excluding diaryl/α,β-unsaturated/α-hetero) is 1. The largest absolute Gasteiger partial charge is 0.360 e. The van der Waals surface area contributed by atoms with Crippen molar-refractivity contribution in [1.29, 1.82) is 0 Å². The molecule has 2 aromatic rings. The van der Waals surface area contributed by atoms with Crippen LogP contribution in [-0.4, -0.2) is 33.7 Å².